The third-order valence-electron chi connectivity index (χ3n) is 5.90. The summed E-state index contributed by atoms with van der Waals surface area (Å²) >= 11 is 0. The molecule has 1 aliphatic rings. The number of hydrogen-bond donors (Lipinski definition) is 1. The van der Waals surface area contributed by atoms with Crippen LogP contribution in [0.15, 0.2) is 36.4 Å². The summed E-state index contributed by atoms with van der Waals surface area (Å²) in [7, 11) is 0. The number of rotatable bonds is 8. The molecule has 210 valence electrons. The number of aromatic nitrogens is 2. The number of nitrogens with one attached hydrogen (secondary N) is 1. The third-order valence-corrected chi connectivity index (χ3v) is 5.90. The van der Waals surface area contributed by atoms with Crippen LogP contribution in [0, 0.1) is 6.92 Å². The first-order valence-corrected chi connectivity index (χ1v) is 13.1. The van der Waals surface area contributed by atoms with Crippen LogP contribution < -0.4 is 5.32 Å². The molecule has 1 fully saturated rings. The predicted molar refractivity (Wildman–Crippen MR) is 144 cm³/mol. The van der Waals surface area contributed by atoms with Gasteiger partial charge in [0.25, 0.3) is 5.91 Å². The lowest BCUT2D eigenvalue weighted by molar-refractivity contribution is -0.155. The molecule has 39 heavy (non-hydrogen) atoms. The Balaban J connectivity index is 1.76. The zero-order chi connectivity index (χ0) is 28.6. The maximum atomic E-state index is 13.5. The fraction of sp³-hybridized carbons (Fsp3) is 0.500. The number of esters is 1. The van der Waals surface area contributed by atoms with Gasteiger partial charge in [-0.25, -0.2) is 14.8 Å². The highest BCUT2D eigenvalue weighted by atomic mass is 16.6. The summed E-state index contributed by atoms with van der Waals surface area (Å²) in [6.07, 6.45) is -0.435. The Morgan fingerprint density at radius 1 is 1.00 bits per heavy atom. The average molecular weight is 540 g/mol. The van der Waals surface area contributed by atoms with Crippen LogP contribution in [0.5, 0.6) is 0 Å². The van der Waals surface area contributed by atoms with Crippen LogP contribution in [0.1, 0.15) is 56.7 Å². The number of aryl methyl sites for hydroxylation is 1. The van der Waals surface area contributed by atoms with Gasteiger partial charge in [-0.15, -0.1) is 0 Å². The van der Waals surface area contributed by atoms with Gasteiger partial charge in [0.1, 0.15) is 17.3 Å². The van der Waals surface area contributed by atoms with Gasteiger partial charge in [0.15, 0.2) is 5.82 Å². The zero-order valence-corrected chi connectivity index (χ0v) is 23.2. The van der Waals surface area contributed by atoms with Crippen molar-refractivity contribution in [2.75, 3.05) is 32.8 Å². The SMILES string of the molecule is CCOC(=O)N1CCN(C(=O)C(CCC(=O)OC(C)(C)C)NC(=O)c2cc(C)nc(-c3ccccc3)n2)CC1. The summed E-state index contributed by atoms with van der Waals surface area (Å²) < 4.78 is 10.4. The highest BCUT2D eigenvalue weighted by molar-refractivity contribution is 5.96. The topological polar surface area (TPSA) is 131 Å². The van der Waals surface area contributed by atoms with Crippen LogP contribution in [-0.2, 0) is 19.1 Å². The first-order valence-electron chi connectivity index (χ1n) is 13.1. The van der Waals surface area contributed by atoms with Crippen LogP contribution in [0.2, 0.25) is 0 Å². The summed E-state index contributed by atoms with van der Waals surface area (Å²) in [5, 5.41) is 2.78. The number of carbonyl (C=O) groups excluding carboxylic acids is 4. The Bertz CT molecular complexity index is 1170. The molecule has 11 nitrogen and oxygen atoms in total. The van der Waals surface area contributed by atoms with E-state index in [0.717, 1.165) is 5.56 Å². The summed E-state index contributed by atoms with van der Waals surface area (Å²) in [6.45, 7) is 10.2. The van der Waals surface area contributed by atoms with Gasteiger partial charge in [-0.3, -0.25) is 14.4 Å². The van der Waals surface area contributed by atoms with E-state index in [9.17, 15) is 19.2 Å². The minimum absolute atomic E-state index is 0.0488. The molecular formula is C28H37N5O6. The summed E-state index contributed by atoms with van der Waals surface area (Å²) in [6, 6.07) is 9.84. The lowest BCUT2D eigenvalue weighted by Gasteiger charge is -2.36. The van der Waals surface area contributed by atoms with Crippen molar-refractivity contribution in [3.63, 3.8) is 0 Å². The van der Waals surface area contributed by atoms with Crippen molar-refractivity contribution in [2.45, 2.75) is 59.1 Å². The number of amides is 3. The van der Waals surface area contributed by atoms with Gasteiger partial charge in [0.05, 0.1) is 6.61 Å². The number of carbonyl (C=O) groups is 4. The Kier molecular flexibility index (Phi) is 9.97. The molecule has 3 amide bonds. The second kappa shape index (κ2) is 13.2. The van der Waals surface area contributed by atoms with Gasteiger partial charge >= 0.3 is 12.1 Å². The highest BCUT2D eigenvalue weighted by Gasteiger charge is 2.32. The molecular weight excluding hydrogens is 502 g/mol. The van der Waals surface area contributed by atoms with Gasteiger partial charge in [-0.05, 0) is 47.1 Å². The molecule has 0 aliphatic carbocycles. The maximum Gasteiger partial charge on any atom is 0.409 e. The molecule has 0 radical (unpaired) electrons. The monoisotopic (exact) mass is 539 g/mol. The molecule has 1 atom stereocenters. The minimum Gasteiger partial charge on any atom is -0.460 e. The van der Waals surface area contributed by atoms with E-state index in [1.54, 1.807) is 45.6 Å². The van der Waals surface area contributed by atoms with E-state index in [1.165, 1.54) is 4.90 Å². The van der Waals surface area contributed by atoms with E-state index in [0.29, 0.717) is 24.6 Å². The van der Waals surface area contributed by atoms with E-state index in [2.05, 4.69) is 15.3 Å². The molecule has 11 heteroatoms. The van der Waals surface area contributed by atoms with Crippen LogP contribution in [0.3, 0.4) is 0 Å². The molecule has 1 aliphatic heterocycles. The van der Waals surface area contributed by atoms with Crippen LogP contribution >= 0.6 is 0 Å². The lowest BCUT2D eigenvalue weighted by atomic mass is 10.1. The van der Waals surface area contributed by atoms with Gasteiger partial charge in [-0.2, -0.15) is 0 Å². The largest absolute Gasteiger partial charge is 0.460 e. The fourth-order valence-corrected chi connectivity index (χ4v) is 4.09. The molecule has 1 aromatic heterocycles. The van der Waals surface area contributed by atoms with Crippen LogP contribution in [0.4, 0.5) is 4.79 Å². The van der Waals surface area contributed by atoms with Crippen molar-refractivity contribution in [1.82, 2.24) is 25.1 Å². The molecule has 1 aromatic carbocycles. The van der Waals surface area contributed by atoms with Gasteiger partial charge in [-0.1, -0.05) is 30.3 Å². The molecule has 1 N–H and O–H groups in total. The molecule has 0 saturated carbocycles. The Morgan fingerprint density at radius 3 is 2.26 bits per heavy atom. The van der Waals surface area contributed by atoms with Crippen LogP contribution in [0.25, 0.3) is 11.4 Å². The molecule has 0 bridgehead atoms. The van der Waals surface area contributed by atoms with E-state index >= 15 is 0 Å². The molecule has 1 saturated heterocycles. The lowest BCUT2D eigenvalue weighted by Crippen LogP contribution is -2.56. The predicted octanol–water partition coefficient (Wildman–Crippen LogP) is 2.97. The molecule has 2 heterocycles. The van der Waals surface area contributed by atoms with Crippen LogP contribution in [-0.4, -0.2) is 88.1 Å². The van der Waals surface area contributed by atoms with Crippen molar-refractivity contribution in [3.8, 4) is 11.4 Å². The fourth-order valence-electron chi connectivity index (χ4n) is 4.09. The summed E-state index contributed by atoms with van der Waals surface area (Å²) in [5.74, 6) is -0.965. The van der Waals surface area contributed by atoms with E-state index in [-0.39, 0.29) is 44.1 Å². The standard InChI is InChI=1S/C28H37N5O6/c1-6-38-27(37)33-16-14-32(15-17-33)26(36)21(12-13-23(34)39-28(3,4)5)31-25(35)22-18-19(2)29-24(30-22)20-10-8-7-9-11-20/h7-11,18,21H,6,12-17H2,1-5H3,(H,31,35). The van der Waals surface area contributed by atoms with E-state index in [1.807, 2.05) is 30.3 Å². The first-order chi connectivity index (χ1) is 18.5. The van der Waals surface area contributed by atoms with Crippen molar-refractivity contribution >= 4 is 23.9 Å². The van der Waals surface area contributed by atoms with Gasteiger partial charge in [0.2, 0.25) is 5.91 Å². The third kappa shape index (κ3) is 8.76. The van der Waals surface area contributed by atoms with Crippen molar-refractivity contribution in [1.29, 1.82) is 0 Å². The average Bonchev–Trinajstić information content (AvgIpc) is 2.90. The quantitative estimate of drug-likeness (QED) is 0.507. The Hall–Kier alpha value is -4.02. The minimum atomic E-state index is -0.991. The van der Waals surface area contributed by atoms with E-state index < -0.39 is 29.6 Å². The Labute approximate surface area is 228 Å². The smallest absolute Gasteiger partial charge is 0.409 e. The number of benzene rings is 1. The van der Waals surface area contributed by atoms with Crippen molar-refractivity contribution < 1.29 is 28.7 Å². The molecule has 2 aromatic rings. The summed E-state index contributed by atoms with van der Waals surface area (Å²) in [4.78, 5) is 63.2. The molecule has 0 spiro atoms. The zero-order valence-electron chi connectivity index (χ0n) is 23.2. The number of piperazine rings is 1. The second-order valence-corrected chi connectivity index (χ2v) is 10.2. The summed E-state index contributed by atoms with van der Waals surface area (Å²) in [5.41, 5.74) is 0.798. The number of ether oxygens (including phenoxy) is 2. The van der Waals surface area contributed by atoms with Gasteiger partial charge < -0.3 is 24.6 Å². The maximum absolute atomic E-state index is 13.5. The number of nitrogens with zero attached hydrogens (tertiary/aromatic N) is 4. The second-order valence-electron chi connectivity index (χ2n) is 10.2. The normalized spacial score (nSPS) is 14.4. The van der Waals surface area contributed by atoms with E-state index in [4.69, 9.17) is 9.47 Å². The first kappa shape index (κ1) is 29.5. The highest BCUT2D eigenvalue weighted by Crippen LogP contribution is 2.17. The molecule has 3 rings (SSSR count). The molecule has 1 unspecified atom stereocenters. The number of hydrogen-bond acceptors (Lipinski definition) is 8. The Morgan fingerprint density at radius 2 is 1.64 bits per heavy atom. The van der Waals surface area contributed by atoms with Gasteiger partial charge in [0, 0.05) is 43.9 Å². The van der Waals surface area contributed by atoms with Crippen molar-refractivity contribution in [2.24, 2.45) is 0 Å². The van der Waals surface area contributed by atoms with Crippen molar-refractivity contribution in [3.05, 3.63) is 47.8 Å².